The third-order valence-electron chi connectivity index (χ3n) is 3.61. The summed E-state index contributed by atoms with van der Waals surface area (Å²) in [5, 5.41) is 3.66. The molecule has 0 fully saturated rings. The molecule has 0 bridgehead atoms. The maximum Gasteiger partial charge on any atom is 0.0477 e. The van der Waals surface area contributed by atoms with E-state index in [0.29, 0.717) is 18.0 Å². The van der Waals surface area contributed by atoms with Gasteiger partial charge in [-0.1, -0.05) is 58.0 Å². The SMILES string of the molecule is CCNC(c1ccccc1)C(CC)N(C)CC(C)C. The van der Waals surface area contributed by atoms with Crippen molar-refractivity contribution in [1.82, 2.24) is 10.2 Å². The van der Waals surface area contributed by atoms with Gasteiger partial charge in [0.25, 0.3) is 0 Å². The highest BCUT2D eigenvalue weighted by Gasteiger charge is 2.24. The Bertz CT molecular complexity index is 334. The van der Waals surface area contributed by atoms with Crippen LogP contribution >= 0.6 is 0 Å². The predicted molar refractivity (Wildman–Crippen MR) is 84.4 cm³/mol. The Hall–Kier alpha value is -0.860. The Morgan fingerprint density at radius 3 is 2.21 bits per heavy atom. The van der Waals surface area contributed by atoms with Gasteiger partial charge in [-0.25, -0.2) is 0 Å². The zero-order chi connectivity index (χ0) is 14.3. The molecule has 2 heteroatoms. The van der Waals surface area contributed by atoms with Gasteiger partial charge in [0.15, 0.2) is 0 Å². The molecular formula is C17H30N2. The Balaban J connectivity index is 2.88. The molecule has 0 aliphatic rings. The van der Waals surface area contributed by atoms with Crippen molar-refractivity contribution >= 4 is 0 Å². The van der Waals surface area contributed by atoms with Gasteiger partial charge in [-0.2, -0.15) is 0 Å². The summed E-state index contributed by atoms with van der Waals surface area (Å²) in [6.45, 7) is 11.2. The maximum absolute atomic E-state index is 3.66. The number of nitrogens with one attached hydrogen (secondary N) is 1. The summed E-state index contributed by atoms with van der Waals surface area (Å²) in [6.07, 6.45) is 1.16. The first-order valence-corrected chi connectivity index (χ1v) is 7.58. The van der Waals surface area contributed by atoms with E-state index in [1.54, 1.807) is 0 Å². The molecule has 2 nitrogen and oxygen atoms in total. The topological polar surface area (TPSA) is 15.3 Å². The van der Waals surface area contributed by atoms with E-state index in [4.69, 9.17) is 0 Å². The molecule has 0 radical (unpaired) electrons. The molecule has 19 heavy (non-hydrogen) atoms. The van der Waals surface area contributed by atoms with Crippen molar-refractivity contribution in [2.75, 3.05) is 20.1 Å². The Morgan fingerprint density at radius 1 is 1.11 bits per heavy atom. The Morgan fingerprint density at radius 2 is 1.74 bits per heavy atom. The van der Waals surface area contributed by atoms with Crippen LogP contribution < -0.4 is 5.32 Å². The lowest BCUT2D eigenvalue weighted by Crippen LogP contribution is -2.43. The smallest absolute Gasteiger partial charge is 0.0477 e. The number of nitrogens with zero attached hydrogens (tertiary/aromatic N) is 1. The number of likely N-dealkylation sites (N-methyl/N-ethyl adjacent to an activating group) is 2. The second-order valence-electron chi connectivity index (χ2n) is 5.76. The average molecular weight is 262 g/mol. The fraction of sp³-hybridized carbons (Fsp3) is 0.647. The van der Waals surface area contributed by atoms with Crippen molar-refractivity contribution < 1.29 is 0 Å². The third-order valence-corrected chi connectivity index (χ3v) is 3.61. The van der Waals surface area contributed by atoms with Crippen LogP contribution in [0.25, 0.3) is 0 Å². The molecule has 1 aromatic rings. The third kappa shape index (κ3) is 4.96. The van der Waals surface area contributed by atoms with Crippen LogP contribution in [0, 0.1) is 5.92 Å². The van der Waals surface area contributed by atoms with E-state index in [-0.39, 0.29) is 0 Å². The van der Waals surface area contributed by atoms with Crippen molar-refractivity contribution in [3.63, 3.8) is 0 Å². The molecular weight excluding hydrogens is 232 g/mol. The van der Waals surface area contributed by atoms with Crippen LogP contribution in [0.3, 0.4) is 0 Å². The van der Waals surface area contributed by atoms with Crippen molar-refractivity contribution in [3.8, 4) is 0 Å². The van der Waals surface area contributed by atoms with Gasteiger partial charge in [0, 0.05) is 18.6 Å². The van der Waals surface area contributed by atoms with Crippen LogP contribution in [0.15, 0.2) is 30.3 Å². The van der Waals surface area contributed by atoms with Crippen molar-refractivity contribution in [2.24, 2.45) is 5.92 Å². The Labute approximate surface area is 119 Å². The van der Waals surface area contributed by atoms with Gasteiger partial charge in [0.1, 0.15) is 0 Å². The molecule has 0 aliphatic heterocycles. The normalized spacial score (nSPS) is 14.9. The molecule has 108 valence electrons. The summed E-state index contributed by atoms with van der Waals surface area (Å²) in [5.41, 5.74) is 1.40. The average Bonchev–Trinajstić information content (AvgIpc) is 2.39. The number of rotatable bonds is 8. The second-order valence-corrected chi connectivity index (χ2v) is 5.76. The van der Waals surface area contributed by atoms with Crippen LogP contribution in [0.4, 0.5) is 0 Å². The van der Waals surface area contributed by atoms with E-state index >= 15 is 0 Å². The molecule has 0 aromatic heterocycles. The lowest BCUT2D eigenvalue weighted by Gasteiger charge is -2.36. The molecule has 2 unspecified atom stereocenters. The Kier molecular flexibility index (Phi) is 7.11. The monoisotopic (exact) mass is 262 g/mol. The first-order valence-electron chi connectivity index (χ1n) is 7.58. The van der Waals surface area contributed by atoms with E-state index < -0.39 is 0 Å². The van der Waals surface area contributed by atoms with Crippen LogP contribution in [0.2, 0.25) is 0 Å². The molecule has 1 rings (SSSR count). The predicted octanol–water partition coefficient (Wildman–Crippen LogP) is 3.70. The minimum absolute atomic E-state index is 0.417. The van der Waals surface area contributed by atoms with Crippen LogP contribution in [0.1, 0.15) is 45.7 Å². The van der Waals surface area contributed by atoms with Gasteiger partial charge in [-0.05, 0) is 31.5 Å². The fourth-order valence-corrected chi connectivity index (χ4v) is 2.87. The fourth-order valence-electron chi connectivity index (χ4n) is 2.87. The quantitative estimate of drug-likeness (QED) is 0.768. The molecule has 1 aromatic carbocycles. The molecule has 0 amide bonds. The van der Waals surface area contributed by atoms with Gasteiger partial charge >= 0.3 is 0 Å². The summed E-state index contributed by atoms with van der Waals surface area (Å²) < 4.78 is 0. The zero-order valence-corrected chi connectivity index (χ0v) is 13.2. The largest absolute Gasteiger partial charge is 0.309 e. The van der Waals surface area contributed by atoms with E-state index in [2.05, 4.69) is 75.3 Å². The highest BCUT2D eigenvalue weighted by molar-refractivity contribution is 5.20. The number of benzene rings is 1. The summed E-state index contributed by atoms with van der Waals surface area (Å²) in [6, 6.07) is 11.8. The molecule has 0 aliphatic carbocycles. The molecule has 1 N–H and O–H groups in total. The van der Waals surface area contributed by atoms with Gasteiger partial charge in [-0.3, -0.25) is 0 Å². The number of hydrogen-bond acceptors (Lipinski definition) is 2. The standard InChI is InChI=1S/C17H30N2/c1-6-16(19(5)13-14(3)4)17(18-7-2)15-11-9-8-10-12-15/h8-12,14,16-18H,6-7,13H2,1-5H3. The second kappa shape index (κ2) is 8.34. The van der Waals surface area contributed by atoms with E-state index in [1.165, 1.54) is 5.56 Å². The highest BCUT2D eigenvalue weighted by atomic mass is 15.2. The van der Waals surface area contributed by atoms with Gasteiger partial charge in [0.2, 0.25) is 0 Å². The van der Waals surface area contributed by atoms with Gasteiger partial charge in [0.05, 0.1) is 0 Å². The van der Waals surface area contributed by atoms with Crippen LogP contribution in [0.5, 0.6) is 0 Å². The molecule has 0 spiro atoms. The first-order chi connectivity index (χ1) is 9.10. The highest BCUT2D eigenvalue weighted by Crippen LogP contribution is 2.23. The summed E-state index contributed by atoms with van der Waals surface area (Å²) >= 11 is 0. The van der Waals surface area contributed by atoms with Crippen LogP contribution in [-0.2, 0) is 0 Å². The minimum atomic E-state index is 0.417. The lowest BCUT2D eigenvalue weighted by atomic mass is 9.95. The molecule has 0 saturated heterocycles. The molecule has 0 saturated carbocycles. The van der Waals surface area contributed by atoms with E-state index in [1.807, 2.05) is 0 Å². The zero-order valence-electron chi connectivity index (χ0n) is 13.2. The van der Waals surface area contributed by atoms with Crippen molar-refractivity contribution in [2.45, 2.75) is 46.2 Å². The van der Waals surface area contributed by atoms with E-state index in [9.17, 15) is 0 Å². The molecule has 0 heterocycles. The maximum atomic E-state index is 3.66. The lowest BCUT2D eigenvalue weighted by molar-refractivity contribution is 0.170. The summed E-state index contributed by atoms with van der Waals surface area (Å²) in [4.78, 5) is 2.50. The van der Waals surface area contributed by atoms with Crippen molar-refractivity contribution in [3.05, 3.63) is 35.9 Å². The van der Waals surface area contributed by atoms with Crippen molar-refractivity contribution in [1.29, 1.82) is 0 Å². The van der Waals surface area contributed by atoms with Gasteiger partial charge < -0.3 is 10.2 Å². The minimum Gasteiger partial charge on any atom is -0.309 e. The van der Waals surface area contributed by atoms with Gasteiger partial charge in [-0.15, -0.1) is 0 Å². The molecule has 2 atom stereocenters. The first kappa shape index (κ1) is 16.2. The van der Waals surface area contributed by atoms with Crippen LogP contribution in [-0.4, -0.2) is 31.1 Å². The van der Waals surface area contributed by atoms with E-state index in [0.717, 1.165) is 19.5 Å². The number of hydrogen-bond donors (Lipinski definition) is 1. The summed E-state index contributed by atoms with van der Waals surface area (Å²) in [5.74, 6) is 0.706. The summed E-state index contributed by atoms with van der Waals surface area (Å²) in [7, 11) is 2.25.